The fourth-order valence-corrected chi connectivity index (χ4v) is 2.65. The monoisotopic (exact) mass is 328 g/mol. The number of hydrogen-bond acceptors (Lipinski definition) is 3. The molecule has 0 saturated heterocycles. The van der Waals surface area contributed by atoms with E-state index in [1.165, 1.54) is 25.0 Å². The summed E-state index contributed by atoms with van der Waals surface area (Å²) in [4.78, 5) is 18.4. The van der Waals surface area contributed by atoms with Crippen molar-refractivity contribution in [1.82, 2.24) is 9.88 Å². The number of aromatic nitrogens is 1. The van der Waals surface area contributed by atoms with Gasteiger partial charge in [0.05, 0.1) is 18.3 Å². The first kappa shape index (κ1) is 16.6. The minimum absolute atomic E-state index is 0.0334. The van der Waals surface area contributed by atoms with Crippen molar-refractivity contribution in [2.45, 2.75) is 18.9 Å². The van der Waals surface area contributed by atoms with Gasteiger partial charge in [-0.05, 0) is 48.6 Å². The van der Waals surface area contributed by atoms with Crippen molar-refractivity contribution in [3.05, 3.63) is 65.7 Å². The molecule has 1 atom stereocenters. The standard InChI is InChI=1S/C19H21FN2O2/c1-22(18(23)13-24-12-14-8-9-14)19(17-7-2-3-10-21-17)15-5-4-6-16(20)11-15/h2-7,10-11,14,19H,8-9,12-13H2,1H3/t19-/m1/s1. The molecular formula is C19H21FN2O2. The molecule has 1 aromatic carbocycles. The molecule has 0 radical (unpaired) electrons. The SMILES string of the molecule is CN(C(=O)COCC1CC1)[C@H](c1cccc(F)c1)c1ccccn1. The summed E-state index contributed by atoms with van der Waals surface area (Å²) in [5.41, 5.74) is 1.38. The highest BCUT2D eigenvalue weighted by atomic mass is 19.1. The molecular weight excluding hydrogens is 307 g/mol. The lowest BCUT2D eigenvalue weighted by molar-refractivity contribution is -0.136. The molecule has 0 bridgehead atoms. The highest BCUT2D eigenvalue weighted by Gasteiger charge is 2.26. The molecule has 1 heterocycles. The van der Waals surface area contributed by atoms with Gasteiger partial charge in [-0.2, -0.15) is 0 Å². The fourth-order valence-electron chi connectivity index (χ4n) is 2.65. The van der Waals surface area contributed by atoms with E-state index in [1.54, 1.807) is 30.3 Å². The number of likely N-dealkylation sites (N-methyl/N-ethyl adjacent to an activating group) is 1. The van der Waals surface area contributed by atoms with Gasteiger partial charge < -0.3 is 9.64 Å². The Balaban J connectivity index is 1.79. The Bertz CT molecular complexity index is 689. The number of rotatable bonds is 7. The Kier molecular flexibility index (Phi) is 5.20. The Morgan fingerprint density at radius 1 is 1.33 bits per heavy atom. The minimum atomic E-state index is -0.445. The second-order valence-electron chi connectivity index (χ2n) is 6.18. The third-order valence-electron chi connectivity index (χ3n) is 4.19. The van der Waals surface area contributed by atoms with Crippen molar-refractivity contribution in [1.29, 1.82) is 0 Å². The van der Waals surface area contributed by atoms with Gasteiger partial charge in [-0.1, -0.05) is 18.2 Å². The van der Waals surface area contributed by atoms with Crippen molar-refractivity contribution >= 4 is 5.91 Å². The minimum Gasteiger partial charge on any atom is -0.371 e. The van der Waals surface area contributed by atoms with Crippen LogP contribution in [0.1, 0.15) is 30.1 Å². The molecule has 1 aromatic heterocycles. The van der Waals surface area contributed by atoms with Crippen LogP contribution >= 0.6 is 0 Å². The molecule has 1 aliphatic rings. The van der Waals surface area contributed by atoms with Gasteiger partial charge >= 0.3 is 0 Å². The van der Waals surface area contributed by atoms with Crippen LogP contribution in [0.15, 0.2) is 48.7 Å². The molecule has 0 spiro atoms. The molecule has 0 aliphatic heterocycles. The summed E-state index contributed by atoms with van der Waals surface area (Å²) in [6.45, 7) is 0.666. The zero-order chi connectivity index (χ0) is 16.9. The predicted octanol–water partition coefficient (Wildman–Crippen LogP) is 3.20. The number of hydrogen-bond donors (Lipinski definition) is 0. The highest BCUT2D eigenvalue weighted by molar-refractivity contribution is 5.78. The average Bonchev–Trinajstić information content (AvgIpc) is 3.40. The third-order valence-corrected chi connectivity index (χ3v) is 4.19. The zero-order valence-electron chi connectivity index (χ0n) is 13.7. The molecule has 24 heavy (non-hydrogen) atoms. The zero-order valence-corrected chi connectivity index (χ0v) is 13.7. The van der Waals surface area contributed by atoms with Crippen LogP contribution in [0, 0.1) is 11.7 Å². The normalized spacial score (nSPS) is 15.1. The molecule has 1 aliphatic carbocycles. The van der Waals surface area contributed by atoms with Crippen LogP contribution < -0.4 is 0 Å². The number of benzene rings is 1. The molecule has 5 heteroatoms. The number of carbonyl (C=O) groups excluding carboxylic acids is 1. The first-order valence-electron chi connectivity index (χ1n) is 8.15. The van der Waals surface area contributed by atoms with Crippen LogP contribution in [0.3, 0.4) is 0 Å². The second kappa shape index (κ2) is 7.53. The van der Waals surface area contributed by atoms with Gasteiger partial charge in [-0.15, -0.1) is 0 Å². The number of nitrogens with zero attached hydrogens (tertiary/aromatic N) is 2. The van der Waals surface area contributed by atoms with E-state index in [-0.39, 0.29) is 18.3 Å². The van der Waals surface area contributed by atoms with Crippen LogP contribution in [0.25, 0.3) is 0 Å². The van der Waals surface area contributed by atoms with E-state index in [9.17, 15) is 9.18 Å². The van der Waals surface area contributed by atoms with Gasteiger partial charge in [0.1, 0.15) is 12.4 Å². The highest BCUT2D eigenvalue weighted by Crippen LogP contribution is 2.29. The van der Waals surface area contributed by atoms with Gasteiger partial charge in [-0.25, -0.2) is 4.39 Å². The van der Waals surface area contributed by atoms with Gasteiger partial charge in [0.25, 0.3) is 0 Å². The van der Waals surface area contributed by atoms with Crippen molar-refractivity contribution in [2.24, 2.45) is 5.92 Å². The topological polar surface area (TPSA) is 42.4 Å². The van der Waals surface area contributed by atoms with Crippen LogP contribution in [-0.4, -0.2) is 36.1 Å². The van der Waals surface area contributed by atoms with E-state index in [4.69, 9.17) is 4.74 Å². The molecule has 1 amide bonds. The lowest BCUT2D eigenvalue weighted by atomic mass is 10.0. The van der Waals surface area contributed by atoms with E-state index in [1.807, 2.05) is 18.2 Å². The van der Waals surface area contributed by atoms with E-state index in [0.29, 0.717) is 23.8 Å². The van der Waals surface area contributed by atoms with Crippen molar-refractivity contribution in [3.63, 3.8) is 0 Å². The molecule has 1 fully saturated rings. The maximum Gasteiger partial charge on any atom is 0.249 e. The van der Waals surface area contributed by atoms with E-state index >= 15 is 0 Å². The first-order valence-corrected chi connectivity index (χ1v) is 8.15. The summed E-state index contributed by atoms with van der Waals surface area (Å²) >= 11 is 0. The van der Waals surface area contributed by atoms with Crippen LogP contribution in [0.2, 0.25) is 0 Å². The summed E-state index contributed by atoms with van der Waals surface area (Å²) in [6, 6.07) is 11.3. The van der Waals surface area contributed by atoms with Crippen molar-refractivity contribution < 1.29 is 13.9 Å². The molecule has 126 valence electrons. The van der Waals surface area contributed by atoms with Gasteiger partial charge in [0.15, 0.2) is 0 Å². The number of ether oxygens (including phenoxy) is 1. The maximum atomic E-state index is 13.7. The summed E-state index contributed by atoms with van der Waals surface area (Å²) < 4.78 is 19.2. The van der Waals surface area contributed by atoms with Crippen LogP contribution in [0.4, 0.5) is 4.39 Å². The maximum absolute atomic E-state index is 13.7. The Morgan fingerprint density at radius 3 is 2.83 bits per heavy atom. The van der Waals surface area contributed by atoms with E-state index in [2.05, 4.69) is 4.98 Å². The second-order valence-corrected chi connectivity index (χ2v) is 6.18. The molecule has 3 rings (SSSR count). The van der Waals surface area contributed by atoms with Crippen molar-refractivity contribution in [2.75, 3.05) is 20.3 Å². The quantitative estimate of drug-likeness (QED) is 0.784. The van der Waals surface area contributed by atoms with E-state index < -0.39 is 6.04 Å². The molecule has 0 N–H and O–H groups in total. The lowest BCUT2D eigenvalue weighted by Gasteiger charge is -2.28. The van der Waals surface area contributed by atoms with Gasteiger partial charge in [0, 0.05) is 13.2 Å². The van der Waals surface area contributed by atoms with Gasteiger partial charge in [-0.3, -0.25) is 9.78 Å². The Hall–Kier alpha value is -2.27. The Labute approximate surface area is 141 Å². The number of halogens is 1. The number of pyridine rings is 1. The first-order chi connectivity index (χ1) is 11.6. The molecule has 4 nitrogen and oxygen atoms in total. The molecule has 0 unspecified atom stereocenters. The smallest absolute Gasteiger partial charge is 0.249 e. The summed E-state index contributed by atoms with van der Waals surface area (Å²) in [5.74, 6) is 0.132. The van der Waals surface area contributed by atoms with Gasteiger partial charge in [0.2, 0.25) is 5.91 Å². The fraction of sp³-hybridized carbons (Fsp3) is 0.368. The summed E-state index contributed by atoms with van der Waals surface area (Å²) in [5, 5.41) is 0. The number of amides is 1. The summed E-state index contributed by atoms with van der Waals surface area (Å²) in [6.07, 6.45) is 4.04. The Morgan fingerprint density at radius 2 is 2.17 bits per heavy atom. The van der Waals surface area contributed by atoms with Crippen LogP contribution in [0.5, 0.6) is 0 Å². The largest absolute Gasteiger partial charge is 0.371 e. The average molecular weight is 328 g/mol. The summed E-state index contributed by atoms with van der Waals surface area (Å²) in [7, 11) is 1.70. The third kappa shape index (κ3) is 4.17. The number of carbonyl (C=O) groups is 1. The van der Waals surface area contributed by atoms with Crippen molar-refractivity contribution in [3.8, 4) is 0 Å². The predicted molar refractivity (Wildman–Crippen MR) is 88.8 cm³/mol. The molecule has 1 saturated carbocycles. The molecule has 2 aromatic rings. The lowest BCUT2D eigenvalue weighted by Crippen LogP contribution is -2.35. The van der Waals surface area contributed by atoms with E-state index in [0.717, 1.165) is 0 Å². The van der Waals surface area contributed by atoms with Crippen LogP contribution in [-0.2, 0) is 9.53 Å².